The molecule has 0 spiro atoms. The summed E-state index contributed by atoms with van der Waals surface area (Å²) in [6, 6.07) is 4.68. The lowest BCUT2D eigenvalue weighted by Crippen LogP contribution is -2.25. The molecular formula is C12H18N2O. The molecule has 0 amide bonds. The molecule has 1 N–H and O–H groups in total. The van der Waals surface area contributed by atoms with Crippen LogP contribution in [0.2, 0.25) is 0 Å². The van der Waals surface area contributed by atoms with Crippen molar-refractivity contribution in [2.24, 2.45) is 0 Å². The van der Waals surface area contributed by atoms with Gasteiger partial charge >= 0.3 is 0 Å². The lowest BCUT2D eigenvalue weighted by atomic mass is 10.2. The highest BCUT2D eigenvalue weighted by atomic mass is 16.3. The first-order valence-corrected chi connectivity index (χ1v) is 5.63. The highest BCUT2D eigenvalue weighted by Gasteiger charge is 2.28. The first-order valence-electron chi connectivity index (χ1n) is 5.63. The minimum absolute atomic E-state index is 0.477. The molecule has 0 unspecified atom stereocenters. The quantitative estimate of drug-likeness (QED) is 0.819. The molecule has 0 bridgehead atoms. The third-order valence-electron chi connectivity index (χ3n) is 2.86. The van der Waals surface area contributed by atoms with Crippen molar-refractivity contribution < 1.29 is 5.11 Å². The molecule has 1 heterocycles. The van der Waals surface area contributed by atoms with Crippen molar-refractivity contribution >= 4 is 5.69 Å². The van der Waals surface area contributed by atoms with Gasteiger partial charge in [0, 0.05) is 12.6 Å². The van der Waals surface area contributed by atoms with Crippen LogP contribution < -0.4 is 4.90 Å². The summed E-state index contributed by atoms with van der Waals surface area (Å²) in [6.07, 6.45) is 3.98. The van der Waals surface area contributed by atoms with E-state index in [0.29, 0.717) is 6.04 Å². The maximum absolute atomic E-state index is 9.36. The SMILES string of the molecule is CCN(c1ccc([C@H](C)O)nc1)C1CC1. The molecule has 1 aliphatic rings. The van der Waals surface area contributed by atoms with E-state index in [1.807, 2.05) is 12.3 Å². The number of aliphatic hydroxyl groups excluding tert-OH is 1. The smallest absolute Gasteiger partial charge is 0.0931 e. The highest BCUT2D eigenvalue weighted by molar-refractivity contribution is 5.47. The summed E-state index contributed by atoms with van der Waals surface area (Å²) in [4.78, 5) is 6.64. The highest BCUT2D eigenvalue weighted by Crippen LogP contribution is 2.31. The lowest BCUT2D eigenvalue weighted by Gasteiger charge is -2.22. The van der Waals surface area contributed by atoms with Gasteiger partial charge in [-0.1, -0.05) is 0 Å². The van der Waals surface area contributed by atoms with Gasteiger partial charge in [0.15, 0.2) is 0 Å². The van der Waals surface area contributed by atoms with Crippen molar-refractivity contribution in [1.29, 1.82) is 0 Å². The maximum atomic E-state index is 9.36. The molecule has 82 valence electrons. The van der Waals surface area contributed by atoms with E-state index in [9.17, 15) is 5.11 Å². The monoisotopic (exact) mass is 206 g/mol. The molecule has 2 rings (SSSR count). The largest absolute Gasteiger partial charge is 0.387 e. The van der Waals surface area contributed by atoms with E-state index >= 15 is 0 Å². The van der Waals surface area contributed by atoms with Crippen LogP contribution in [0.25, 0.3) is 0 Å². The average molecular weight is 206 g/mol. The minimum Gasteiger partial charge on any atom is -0.387 e. The summed E-state index contributed by atoms with van der Waals surface area (Å²) in [5.41, 5.74) is 1.91. The predicted octanol–water partition coefficient (Wildman–Crippen LogP) is 2.12. The molecule has 0 saturated heterocycles. The normalized spacial score (nSPS) is 17.5. The van der Waals surface area contributed by atoms with Gasteiger partial charge in [0.05, 0.1) is 23.7 Å². The Labute approximate surface area is 90.8 Å². The Morgan fingerprint density at radius 3 is 2.67 bits per heavy atom. The molecule has 1 aliphatic carbocycles. The van der Waals surface area contributed by atoms with Gasteiger partial charge in [-0.25, -0.2) is 0 Å². The second-order valence-corrected chi connectivity index (χ2v) is 4.13. The molecule has 1 atom stereocenters. The minimum atomic E-state index is -0.477. The number of hydrogen-bond donors (Lipinski definition) is 1. The van der Waals surface area contributed by atoms with E-state index in [4.69, 9.17) is 0 Å². The molecule has 3 nitrogen and oxygen atoms in total. The Balaban J connectivity index is 2.14. The summed E-state index contributed by atoms with van der Waals surface area (Å²) >= 11 is 0. The number of nitrogens with zero attached hydrogens (tertiary/aromatic N) is 2. The van der Waals surface area contributed by atoms with Crippen molar-refractivity contribution in [3.8, 4) is 0 Å². The van der Waals surface area contributed by atoms with Crippen LogP contribution in [0.4, 0.5) is 5.69 Å². The molecule has 1 fully saturated rings. The molecule has 0 radical (unpaired) electrons. The third-order valence-corrected chi connectivity index (χ3v) is 2.86. The van der Waals surface area contributed by atoms with Gasteiger partial charge in [-0.15, -0.1) is 0 Å². The molecule has 15 heavy (non-hydrogen) atoms. The Kier molecular flexibility index (Phi) is 2.91. The number of rotatable bonds is 4. The first-order chi connectivity index (χ1) is 7.22. The fourth-order valence-corrected chi connectivity index (χ4v) is 1.85. The van der Waals surface area contributed by atoms with Crippen LogP contribution in [0.1, 0.15) is 38.5 Å². The summed E-state index contributed by atoms with van der Waals surface area (Å²) in [6.45, 7) is 4.93. The first kappa shape index (κ1) is 10.4. The van der Waals surface area contributed by atoms with Crippen LogP contribution in [0, 0.1) is 0 Å². The summed E-state index contributed by atoms with van der Waals surface area (Å²) in [7, 11) is 0. The Hall–Kier alpha value is -1.09. The van der Waals surface area contributed by atoms with Crippen LogP contribution in [0.5, 0.6) is 0 Å². The fraction of sp³-hybridized carbons (Fsp3) is 0.583. The van der Waals surface area contributed by atoms with Crippen molar-refractivity contribution in [3.63, 3.8) is 0 Å². The number of hydrogen-bond acceptors (Lipinski definition) is 3. The Morgan fingerprint density at radius 2 is 2.27 bits per heavy atom. The van der Waals surface area contributed by atoms with Crippen LogP contribution >= 0.6 is 0 Å². The van der Waals surface area contributed by atoms with E-state index in [1.54, 1.807) is 6.92 Å². The van der Waals surface area contributed by atoms with Crippen LogP contribution in [-0.4, -0.2) is 22.7 Å². The number of aromatic nitrogens is 1. The number of anilines is 1. The van der Waals surface area contributed by atoms with E-state index < -0.39 is 6.10 Å². The van der Waals surface area contributed by atoms with Gasteiger partial charge < -0.3 is 10.0 Å². The van der Waals surface area contributed by atoms with Gasteiger partial charge in [-0.2, -0.15) is 0 Å². The van der Waals surface area contributed by atoms with Crippen LogP contribution in [-0.2, 0) is 0 Å². The molecular weight excluding hydrogens is 188 g/mol. The standard InChI is InChI=1S/C12H18N2O/c1-3-14(10-4-5-10)11-6-7-12(9(2)15)13-8-11/h6-10,15H,3-5H2,1-2H3/t9-/m0/s1. The molecule has 1 aromatic heterocycles. The zero-order valence-electron chi connectivity index (χ0n) is 9.35. The summed E-state index contributed by atoms with van der Waals surface area (Å²) < 4.78 is 0. The van der Waals surface area contributed by atoms with E-state index in [1.165, 1.54) is 18.5 Å². The van der Waals surface area contributed by atoms with Crippen LogP contribution in [0.15, 0.2) is 18.3 Å². The van der Waals surface area contributed by atoms with Crippen LogP contribution in [0.3, 0.4) is 0 Å². The van der Waals surface area contributed by atoms with Crippen molar-refractivity contribution in [1.82, 2.24) is 4.98 Å². The van der Waals surface area contributed by atoms with Gasteiger partial charge in [-0.3, -0.25) is 4.98 Å². The van der Waals surface area contributed by atoms with E-state index in [2.05, 4.69) is 22.9 Å². The number of pyridine rings is 1. The molecule has 1 aromatic rings. The van der Waals surface area contributed by atoms with E-state index in [-0.39, 0.29) is 0 Å². The maximum Gasteiger partial charge on any atom is 0.0931 e. The van der Waals surface area contributed by atoms with Crippen molar-refractivity contribution in [3.05, 3.63) is 24.0 Å². The molecule has 0 aromatic carbocycles. The topological polar surface area (TPSA) is 36.4 Å². The second kappa shape index (κ2) is 4.19. The second-order valence-electron chi connectivity index (χ2n) is 4.13. The molecule has 3 heteroatoms. The van der Waals surface area contributed by atoms with E-state index in [0.717, 1.165) is 12.2 Å². The fourth-order valence-electron chi connectivity index (χ4n) is 1.85. The predicted molar refractivity (Wildman–Crippen MR) is 60.9 cm³/mol. The lowest BCUT2D eigenvalue weighted by molar-refractivity contribution is 0.194. The van der Waals surface area contributed by atoms with Gasteiger partial charge in [0.25, 0.3) is 0 Å². The Morgan fingerprint density at radius 1 is 1.53 bits per heavy atom. The van der Waals surface area contributed by atoms with Crippen molar-refractivity contribution in [2.75, 3.05) is 11.4 Å². The molecule has 1 saturated carbocycles. The zero-order chi connectivity index (χ0) is 10.8. The summed E-state index contributed by atoms with van der Waals surface area (Å²) in [5.74, 6) is 0. The summed E-state index contributed by atoms with van der Waals surface area (Å²) in [5, 5.41) is 9.36. The molecule has 0 aliphatic heterocycles. The van der Waals surface area contributed by atoms with Gasteiger partial charge in [0.2, 0.25) is 0 Å². The number of aliphatic hydroxyl groups is 1. The Bertz CT molecular complexity index is 317. The average Bonchev–Trinajstić information content (AvgIpc) is 3.04. The van der Waals surface area contributed by atoms with Gasteiger partial charge in [-0.05, 0) is 38.8 Å². The van der Waals surface area contributed by atoms with Gasteiger partial charge in [0.1, 0.15) is 0 Å². The third kappa shape index (κ3) is 2.29. The zero-order valence-corrected chi connectivity index (χ0v) is 9.35. The van der Waals surface area contributed by atoms with Crippen molar-refractivity contribution in [2.45, 2.75) is 38.8 Å².